The van der Waals surface area contributed by atoms with Crippen molar-refractivity contribution in [2.75, 3.05) is 7.11 Å². The second-order valence-corrected chi connectivity index (χ2v) is 10.3. The van der Waals surface area contributed by atoms with Crippen LogP contribution in [-0.4, -0.2) is 35.1 Å². The molecule has 0 saturated carbocycles. The number of rotatable bonds is 8. The monoisotopic (exact) mass is 527 g/mol. The summed E-state index contributed by atoms with van der Waals surface area (Å²) in [5, 5.41) is 0. The van der Waals surface area contributed by atoms with E-state index in [2.05, 4.69) is 14.2 Å². The van der Waals surface area contributed by atoms with Crippen LogP contribution in [0.15, 0.2) is 48.5 Å². The van der Waals surface area contributed by atoms with Crippen molar-refractivity contribution >= 4 is 17.3 Å². The Kier molecular flexibility index (Phi) is 8.61. The van der Waals surface area contributed by atoms with E-state index in [1.807, 2.05) is 0 Å². The van der Waals surface area contributed by atoms with Gasteiger partial charge in [0, 0.05) is 11.4 Å². The van der Waals surface area contributed by atoms with E-state index >= 15 is 0 Å². The predicted molar refractivity (Wildman–Crippen MR) is 115 cm³/mol. The molecule has 0 saturated heterocycles. The van der Waals surface area contributed by atoms with Gasteiger partial charge in [-0.1, -0.05) is 24.3 Å². The van der Waals surface area contributed by atoms with Gasteiger partial charge in [-0.05, 0) is 56.2 Å². The summed E-state index contributed by atoms with van der Waals surface area (Å²) in [6.45, 7) is 4.77. The molecule has 0 radical (unpaired) electrons. The van der Waals surface area contributed by atoms with E-state index in [1.54, 1.807) is 20.8 Å². The van der Waals surface area contributed by atoms with E-state index in [9.17, 15) is 35.7 Å². The first-order valence-electron chi connectivity index (χ1n) is 9.94. The molecular formula is C22H23F6NO5S. The van der Waals surface area contributed by atoms with Gasteiger partial charge in [0.1, 0.15) is 21.8 Å². The summed E-state index contributed by atoms with van der Waals surface area (Å²) in [6.07, 6.45) is -10.7. The Morgan fingerprint density at radius 2 is 1.31 bits per heavy atom. The highest BCUT2D eigenvalue weighted by atomic mass is 32.2. The van der Waals surface area contributed by atoms with Crippen molar-refractivity contribution in [2.24, 2.45) is 0 Å². The number of esters is 1. The molecule has 2 aromatic carbocycles. The topological polar surface area (TPSA) is 79.9 Å². The molecule has 0 heterocycles. The van der Waals surface area contributed by atoms with E-state index < -0.39 is 58.3 Å². The lowest BCUT2D eigenvalue weighted by atomic mass is 9.80. The van der Waals surface area contributed by atoms with Crippen molar-refractivity contribution in [1.29, 1.82) is 0 Å². The average Bonchev–Trinajstić information content (AvgIpc) is 2.70. The smallest absolute Gasteiger partial charge is 0.573 e. The van der Waals surface area contributed by atoms with Gasteiger partial charge in [-0.25, -0.2) is 0 Å². The molecule has 0 bridgehead atoms. The molecule has 0 fully saturated rings. The summed E-state index contributed by atoms with van der Waals surface area (Å²) in [7, 11) is 1.06. The van der Waals surface area contributed by atoms with E-state index in [0.29, 0.717) is 0 Å². The Morgan fingerprint density at radius 3 is 1.66 bits per heavy atom. The minimum atomic E-state index is -5.04. The lowest BCUT2D eigenvalue weighted by Gasteiger charge is -2.38. The summed E-state index contributed by atoms with van der Waals surface area (Å²) in [5.41, 5.74) is -2.00. The lowest BCUT2D eigenvalue weighted by molar-refractivity contribution is -0.275. The molecule has 6 nitrogen and oxygen atoms in total. The number of carbonyl (C=O) groups is 1. The van der Waals surface area contributed by atoms with Crippen LogP contribution >= 0.6 is 0 Å². The van der Waals surface area contributed by atoms with Gasteiger partial charge in [0.15, 0.2) is 0 Å². The molecule has 0 unspecified atom stereocenters. The van der Waals surface area contributed by atoms with Crippen molar-refractivity contribution in [3.8, 4) is 11.5 Å². The number of halogens is 6. The minimum Gasteiger partial charge on any atom is -0.598 e. The summed E-state index contributed by atoms with van der Waals surface area (Å²) >= 11 is -1.96. The summed E-state index contributed by atoms with van der Waals surface area (Å²) in [5.74, 6) is -2.20. The molecule has 0 aliphatic carbocycles. The quantitative estimate of drug-likeness (QED) is 0.284. The lowest BCUT2D eigenvalue weighted by Crippen LogP contribution is -2.53. The molecular weight excluding hydrogens is 504 g/mol. The van der Waals surface area contributed by atoms with E-state index in [0.717, 1.165) is 31.4 Å². The van der Waals surface area contributed by atoms with Crippen LogP contribution in [0.4, 0.5) is 26.3 Å². The maximum Gasteiger partial charge on any atom is 0.573 e. The van der Waals surface area contributed by atoms with Crippen molar-refractivity contribution in [2.45, 2.75) is 50.2 Å². The SMILES string of the molecule is COC(=O)CC(N[S@+]([O-])C(C)(C)C)(c1cccc(OC(F)(F)F)c1)c1cccc(OC(F)(F)F)c1. The molecule has 0 amide bonds. The number of benzene rings is 2. The number of nitrogens with one attached hydrogen (secondary N) is 1. The Bertz CT molecular complexity index is 963. The molecule has 1 atom stereocenters. The van der Waals surface area contributed by atoms with Crippen LogP contribution in [0.2, 0.25) is 0 Å². The third kappa shape index (κ3) is 8.22. The van der Waals surface area contributed by atoms with Gasteiger partial charge in [0.2, 0.25) is 0 Å². The van der Waals surface area contributed by atoms with Gasteiger partial charge in [-0.2, -0.15) is 0 Å². The molecule has 2 rings (SSSR count). The van der Waals surface area contributed by atoms with Crippen LogP contribution in [0.3, 0.4) is 0 Å². The molecule has 0 aromatic heterocycles. The van der Waals surface area contributed by atoms with Crippen LogP contribution in [0.5, 0.6) is 11.5 Å². The van der Waals surface area contributed by atoms with Crippen molar-refractivity contribution in [3.63, 3.8) is 0 Å². The number of hydrogen-bond acceptors (Lipinski definition) is 6. The highest BCUT2D eigenvalue weighted by molar-refractivity contribution is 7.90. The zero-order valence-electron chi connectivity index (χ0n) is 19.0. The van der Waals surface area contributed by atoms with Crippen LogP contribution in [0, 0.1) is 0 Å². The third-order valence-electron chi connectivity index (χ3n) is 4.58. The first-order valence-corrected chi connectivity index (χ1v) is 11.1. The fourth-order valence-electron chi connectivity index (χ4n) is 3.04. The predicted octanol–water partition coefficient (Wildman–Crippen LogP) is 5.34. The van der Waals surface area contributed by atoms with Crippen LogP contribution in [0.25, 0.3) is 0 Å². The molecule has 1 N–H and O–H groups in total. The fraction of sp³-hybridized carbons (Fsp3) is 0.409. The number of hydrogen-bond donors (Lipinski definition) is 1. The van der Waals surface area contributed by atoms with Crippen LogP contribution in [0.1, 0.15) is 38.3 Å². The normalized spacial score (nSPS) is 13.8. The number of alkyl halides is 6. The van der Waals surface area contributed by atoms with Crippen LogP contribution in [-0.2, 0) is 26.4 Å². The molecule has 194 valence electrons. The van der Waals surface area contributed by atoms with Crippen molar-refractivity contribution in [3.05, 3.63) is 59.7 Å². The molecule has 2 aromatic rings. The summed E-state index contributed by atoms with van der Waals surface area (Å²) in [6, 6.07) is 8.92. The standard InChI is InChI=1S/C22H23F6NO5S/c1-19(2,3)35(31)29-20(13-18(30)32-4,14-7-5-9-16(11-14)33-21(23,24)25)15-8-6-10-17(12-15)34-22(26,27)28/h5-12,29H,13H2,1-4H3/t35-/m1/s1. The molecule has 0 aliphatic rings. The third-order valence-corrected chi connectivity index (χ3v) is 6.23. The molecule has 0 spiro atoms. The van der Waals surface area contributed by atoms with Crippen LogP contribution < -0.4 is 14.2 Å². The average molecular weight is 527 g/mol. The van der Waals surface area contributed by atoms with E-state index in [1.165, 1.54) is 24.3 Å². The van der Waals surface area contributed by atoms with Gasteiger partial charge in [-0.3, -0.25) is 4.79 Å². The molecule has 35 heavy (non-hydrogen) atoms. The second kappa shape index (κ2) is 10.5. The first kappa shape index (κ1) is 28.6. The minimum absolute atomic E-state index is 0.0496. The largest absolute Gasteiger partial charge is 0.598 e. The van der Waals surface area contributed by atoms with Gasteiger partial charge < -0.3 is 18.8 Å². The van der Waals surface area contributed by atoms with Gasteiger partial charge in [0.05, 0.1) is 13.5 Å². The van der Waals surface area contributed by atoms with Gasteiger partial charge in [0.25, 0.3) is 0 Å². The van der Waals surface area contributed by atoms with E-state index in [4.69, 9.17) is 4.74 Å². The van der Waals surface area contributed by atoms with Crippen molar-refractivity contribution in [1.82, 2.24) is 4.72 Å². The number of ether oxygens (including phenoxy) is 3. The maximum atomic E-state index is 13.1. The Balaban J connectivity index is 2.80. The fourth-order valence-corrected chi connectivity index (χ4v) is 3.97. The van der Waals surface area contributed by atoms with Crippen molar-refractivity contribution < 1.29 is 49.9 Å². The summed E-state index contributed by atoms with van der Waals surface area (Å²) < 4.78 is 105. The summed E-state index contributed by atoms with van der Waals surface area (Å²) in [4.78, 5) is 12.4. The Morgan fingerprint density at radius 1 is 0.886 bits per heavy atom. The highest BCUT2D eigenvalue weighted by Crippen LogP contribution is 2.40. The maximum absolute atomic E-state index is 13.1. The van der Waals surface area contributed by atoms with Gasteiger partial charge >= 0.3 is 18.7 Å². The Hall–Kier alpha value is -2.64. The highest BCUT2D eigenvalue weighted by Gasteiger charge is 2.45. The zero-order valence-corrected chi connectivity index (χ0v) is 19.9. The zero-order chi connectivity index (χ0) is 26.7. The number of carbonyl (C=O) groups excluding carboxylic acids is 1. The molecule has 0 aliphatic heterocycles. The van der Waals surface area contributed by atoms with Gasteiger partial charge in [-0.15, -0.1) is 31.1 Å². The first-order chi connectivity index (χ1) is 15.9. The second-order valence-electron chi connectivity index (χ2n) is 8.29. The Labute approximate surface area is 200 Å². The molecule has 13 heteroatoms. The van der Waals surface area contributed by atoms with E-state index in [-0.39, 0.29) is 11.1 Å². The number of methoxy groups -OCH3 is 1.